The van der Waals surface area contributed by atoms with E-state index in [-0.39, 0.29) is 18.5 Å². The van der Waals surface area contributed by atoms with Crippen molar-refractivity contribution in [2.45, 2.75) is 24.5 Å². The molecule has 2 rings (SSSR count). The Morgan fingerprint density at radius 2 is 1.82 bits per heavy atom. The molecule has 2 aromatic rings. The Hall–Kier alpha value is -3.07. The number of carboxylic acid groups (broad SMARTS) is 1. The Morgan fingerprint density at radius 1 is 1.21 bits per heavy atom. The van der Waals surface area contributed by atoms with Gasteiger partial charge in [0.15, 0.2) is 14.6 Å². The number of sulfone groups is 1. The summed E-state index contributed by atoms with van der Waals surface area (Å²) in [4.78, 5) is 26.1. The number of nitrogens with zero attached hydrogens (tertiary/aromatic N) is 2. The predicted molar refractivity (Wildman–Crippen MR) is 106 cm³/mol. The fourth-order valence-electron chi connectivity index (χ4n) is 2.49. The number of carboxylic acids is 1. The molecule has 0 bridgehead atoms. The van der Waals surface area contributed by atoms with E-state index in [1.807, 2.05) is 0 Å². The Morgan fingerprint density at radius 3 is 2.36 bits per heavy atom. The molecule has 1 atom stereocenters. The Bertz CT molecular complexity index is 1010. The molecule has 9 heteroatoms. The van der Waals surface area contributed by atoms with Crippen LogP contribution in [0.2, 0.25) is 0 Å². The van der Waals surface area contributed by atoms with E-state index in [9.17, 15) is 28.4 Å². The minimum absolute atomic E-state index is 0.0448. The minimum Gasteiger partial charge on any atom is -0.480 e. The standard InChI is InChI=1S/C19H20N2O6S/c1-19(18(22)23,28(2,26)27)12-11-14-7-9-16(10-8-14)20-13-15-5-3-4-6-17(15)21(24)25/h3-10,13H,11-12H2,1-2H3,(H,22,23)/b20-13+. The number of aliphatic carboxylic acids is 1. The molecular weight excluding hydrogens is 384 g/mol. The van der Waals surface area contributed by atoms with Crippen LogP contribution < -0.4 is 0 Å². The highest BCUT2D eigenvalue weighted by Crippen LogP contribution is 2.25. The molecule has 1 unspecified atom stereocenters. The molecule has 0 radical (unpaired) electrons. The van der Waals surface area contributed by atoms with Gasteiger partial charge in [0.05, 0.1) is 16.2 Å². The van der Waals surface area contributed by atoms with Gasteiger partial charge in [0, 0.05) is 18.5 Å². The molecule has 0 saturated carbocycles. The van der Waals surface area contributed by atoms with Crippen molar-refractivity contribution >= 4 is 33.4 Å². The molecule has 0 heterocycles. The van der Waals surface area contributed by atoms with Crippen LogP contribution in [0.5, 0.6) is 0 Å². The highest BCUT2D eigenvalue weighted by atomic mass is 32.2. The number of para-hydroxylation sites is 1. The number of nitro benzene ring substituents is 1. The smallest absolute Gasteiger partial charge is 0.324 e. The van der Waals surface area contributed by atoms with Crippen LogP contribution in [0.3, 0.4) is 0 Å². The van der Waals surface area contributed by atoms with Gasteiger partial charge in [-0.05, 0) is 43.5 Å². The Balaban J connectivity index is 2.12. The van der Waals surface area contributed by atoms with Gasteiger partial charge in [0.25, 0.3) is 5.69 Å². The van der Waals surface area contributed by atoms with Gasteiger partial charge in [-0.25, -0.2) is 8.42 Å². The monoisotopic (exact) mass is 404 g/mol. The van der Waals surface area contributed by atoms with Crippen molar-refractivity contribution in [2.24, 2.45) is 4.99 Å². The first-order chi connectivity index (χ1) is 13.0. The summed E-state index contributed by atoms with van der Waals surface area (Å²) in [6.45, 7) is 1.20. The summed E-state index contributed by atoms with van der Waals surface area (Å²) in [5, 5.41) is 20.3. The van der Waals surface area contributed by atoms with Crippen molar-refractivity contribution in [3.8, 4) is 0 Å². The van der Waals surface area contributed by atoms with Crippen LogP contribution in [0.25, 0.3) is 0 Å². The molecule has 0 aliphatic rings. The number of benzene rings is 2. The van der Waals surface area contributed by atoms with Crippen molar-refractivity contribution in [3.63, 3.8) is 0 Å². The zero-order valence-corrected chi connectivity index (χ0v) is 16.2. The van der Waals surface area contributed by atoms with Crippen molar-refractivity contribution < 1.29 is 23.2 Å². The summed E-state index contributed by atoms with van der Waals surface area (Å²) in [5.74, 6) is -1.37. The van der Waals surface area contributed by atoms with Crippen LogP contribution in [0, 0.1) is 10.1 Å². The lowest BCUT2D eigenvalue weighted by atomic mass is 10.0. The van der Waals surface area contributed by atoms with E-state index in [0.29, 0.717) is 11.3 Å². The maximum atomic E-state index is 11.8. The number of nitro groups is 1. The fourth-order valence-corrected chi connectivity index (χ4v) is 3.28. The van der Waals surface area contributed by atoms with Gasteiger partial charge in [0.2, 0.25) is 0 Å². The zero-order chi connectivity index (χ0) is 20.9. The lowest BCUT2D eigenvalue weighted by Gasteiger charge is -2.22. The van der Waals surface area contributed by atoms with Crippen LogP contribution in [-0.4, -0.2) is 41.6 Å². The third-order valence-electron chi connectivity index (χ3n) is 4.58. The van der Waals surface area contributed by atoms with Gasteiger partial charge < -0.3 is 5.11 Å². The summed E-state index contributed by atoms with van der Waals surface area (Å²) >= 11 is 0. The van der Waals surface area contributed by atoms with Crippen molar-refractivity contribution in [3.05, 3.63) is 69.8 Å². The molecule has 0 aliphatic heterocycles. The maximum absolute atomic E-state index is 11.8. The van der Waals surface area contributed by atoms with E-state index in [4.69, 9.17) is 0 Å². The van der Waals surface area contributed by atoms with Crippen molar-refractivity contribution in [1.29, 1.82) is 0 Å². The van der Waals surface area contributed by atoms with E-state index < -0.39 is 25.5 Å². The number of aliphatic imine (C=N–C) groups is 1. The molecule has 0 amide bonds. The van der Waals surface area contributed by atoms with Gasteiger partial charge in [-0.1, -0.05) is 24.3 Å². The van der Waals surface area contributed by atoms with Crippen LogP contribution in [0.4, 0.5) is 11.4 Å². The van der Waals surface area contributed by atoms with E-state index in [2.05, 4.69) is 4.99 Å². The normalized spacial score (nSPS) is 13.9. The molecular formula is C19H20N2O6S. The van der Waals surface area contributed by atoms with E-state index in [1.165, 1.54) is 19.2 Å². The first-order valence-corrected chi connectivity index (χ1v) is 10.2. The molecule has 0 spiro atoms. The molecule has 0 aromatic heterocycles. The second-order valence-corrected chi connectivity index (χ2v) is 8.99. The van der Waals surface area contributed by atoms with Crippen LogP contribution >= 0.6 is 0 Å². The molecule has 0 fully saturated rings. The number of hydrogen-bond acceptors (Lipinski definition) is 6. The van der Waals surface area contributed by atoms with Crippen molar-refractivity contribution in [1.82, 2.24) is 0 Å². The van der Waals surface area contributed by atoms with Gasteiger partial charge in [-0.15, -0.1) is 0 Å². The van der Waals surface area contributed by atoms with Crippen LogP contribution in [-0.2, 0) is 21.1 Å². The third kappa shape index (κ3) is 4.80. The quantitative estimate of drug-likeness (QED) is 0.409. The molecule has 28 heavy (non-hydrogen) atoms. The molecule has 2 aromatic carbocycles. The fraction of sp³-hybridized carbons (Fsp3) is 0.263. The first kappa shape index (κ1) is 21.2. The molecule has 0 saturated heterocycles. The summed E-state index contributed by atoms with van der Waals surface area (Å²) in [6, 6.07) is 13.0. The van der Waals surface area contributed by atoms with E-state index >= 15 is 0 Å². The third-order valence-corrected chi connectivity index (χ3v) is 6.60. The highest BCUT2D eigenvalue weighted by Gasteiger charge is 2.43. The summed E-state index contributed by atoms with van der Waals surface area (Å²) < 4.78 is 21.8. The average Bonchev–Trinajstić information content (AvgIpc) is 2.64. The topological polar surface area (TPSA) is 127 Å². The summed E-state index contributed by atoms with van der Waals surface area (Å²) in [6.07, 6.45) is 2.53. The number of hydrogen-bond donors (Lipinski definition) is 1. The van der Waals surface area contributed by atoms with Crippen LogP contribution in [0.1, 0.15) is 24.5 Å². The van der Waals surface area contributed by atoms with E-state index in [0.717, 1.165) is 11.8 Å². The summed E-state index contributed by atoms with van der Waals surface area (Å²) in [7, 11) is -3.77. The van der Waals surface area contributed by atoms with Gasteiger partial charge >= 0.3 is 5.97 Å². The zero-order valence-electron chi connectivity index (χ0n) is 15.4. The van der Waals surface area contributed by atoms with Gasteiger partial charge in [-0.2, -0.15) is 0 Å². The number of carbonyl (C=O) groups is 1. The number of rotatable bonds is 8. The Labute approximate surface area is 162 Å². The molecule has 8 nitrogen and oxygen atoms in total. The maximum Gasteiger partial charge on any atom is 0.324 e. The Kier molecular flexibility index (Phi) is 6.30. The van der Waals surface area contributed by atoms with E-state index in [1.54, 1.807) is 42.5 Å². The first-order valence-electron chi connectivity index (χ1n) is 8.34. The average molecular weight is 404 g/mol. The lowest BCUT2D eigenvalue weighted by Crippen LogP contribution is -2.43. The van der Waals surface area contributed by atoms with Crippen molar-refractivity contribution in [2.75, 3.05) is 6.26 Å². The second-order valence-electron chi connectivity index (χ2n) is 6.55. The number of aryl methyl sites for hydroxylation is 1. The predicted octanol–water partition coefficient (Wildman–Crippen LogP) is 3.17. The largest absolute Gasteiger partial charge is 0.480 e. The molecule has 148 valence electrons. The van der Waals surface area contributed by atoms with Gasteiger partial charge in [-0.3, -0.25) is 19.9 Å². The van der Waals surface area contributed by atoms with Gasteiger partial charge in [0.1, 0.15) is 0 Å². The van der Waals surface area contributed by atoms with Crippen LogP contribution in [0.15, 0.2) is 53.5 Å². The SMILES string of the molecule is CC(CCc1ccc(/N=C/c2ccccc2[N+](=O)[O-])cc1)(C(=O)O)S(C)(=O)=O. The molecule has 0 aliphatic carbocycles. The molecule has 1 N–H and O–H groups in total. The minimum atomic E-state index is -3.77. The second kappa shape index (κ2) is 8.30. The highest BCUT2D eigenvalue weighted by molar-refractivity contribution is 7.92. The summed E-state index contributed by atoms with van der Waals surface area (Å²) in [5.41, 5.74) is 1.66. The lowest BCUT2D eigenvalue weighted by molar-refractivity contribution is -0.385.